The summed E-state index contributed by atoms with van der Waals surface area (Å²) >= 11 is 0. The highest BCUT2D eigenvalue weighted by Gasteiger charge is 2.17. The van der Waals surface area contributed by atoms with Crippen LogP contribution in [0.5, 0.6) is 0 Å². The molecule has 0 spiro atoms. The van der Waals surface area contributed by atoms with Gasteiger partial charge in [0.2, 0.25) is 0 Å². The summed E-state index contributed by atoms with van der Waals surface area (Å²) in [6.07, 6.45) is 3.74. The molecule has 0 aliphatic carbocycles. The van der Waals surface area contributed by atoms with Crippen LogP contribution in [0.4, 0.5) is 0 Å². The summed E-state index contributed by atoms with van der Waals surface area (Å²) in [7, 11) is 0. The molecule has 0 radical (unpaired) electrons. The van der Waals surface area contributed by atoms with E-state index in [9.17, 15) is 0 Å². The highest BCUT2D eigenvalue weighted by atomic mass is 15.3. The van der Waals surface area contributed by atoms with E-state index in [0.717, 1.165) is 16.9 Å². The van der Waals surface area contributed by atoms with Gasteiger partial charge in [0.05, 0.1) is 18.1 Å². The molecule has 2 aromatic heterocycles. The molecule has 14 heavy (non-hydrogen) atoms. The Morgan fingerprint density at radius 2 is 1.93 bits per heavy atom. The zero-order valence-corrected chi connectivity index (χ0v) is 8.94. The van der Waals surface area contributed by atoms with Crippen molar-refractivity contribution in [2.24, 2.45) is 0 Å². The minimum atomic E-state index is 0.0149. The molecule has 0 atom stereocenters. The average molecular weight is 190 g/mol. The predicted molar refractivity (Wildman–Crippen MR) is 54.2 cm³/mol. The summed E-state index contributed by atoms with van der Waals surface area (Å²) in [5.41, 5.74) is 2.85. The lowest BCUT2D eigenvalue weighted by atomic mass is 9.93. The van der Waals surface area contributed by atoms with Crippen molar-refractivity contribution in [3.63, 3.8) is 0 Å². The second-order valence-electron chi connectivity index (χ2n) is 4.56. The first-order chi connectivity index (χ1) is 6.48. The third kappa shape index (κ3) is 1.36. The fourth-order valence-corrected chi connectivity index (χ4v) is 1.25. The summed E-state index contributed by atoms with van der Waals surface area (Å²) in [6, 6.07) is 0. The normalized spacial score (nSPS) is 12.3. The second kappa shape index (κ2) is 2.77. The van der Waals surface area contributed by atoms with Crippen LogP contribution in [0, 0.1) is 6.92 Å². The lowest BCUT2D eigenvalue weighted by Crippen LogP contribution is -2.15. The molecule has 0 fully saturated rings. The molecule has 0 saturated carbocycles. The van der Waals surface area contributed by atoms with E-state index in [0.29, 0.717) is 0 Å². The second-order valence-corrected chi connectivity index (χ2v) is 4.56. The van der Waals surface area contributed by atoms with Crippen molar-refractivity contribution >= 4 is 5.65 Å². The molecular weight excluding hydrogens is 176 g/mol. The Hall–Kier alpha value is -1.45. The van der Waals surface area contributed by atoms with Crippen molar-refractivity contribution in [3.05, 3.63) is 23.7 Å². The molecule has 0 N–H and O–H groups in total. The summed E-state index contributed by atoms with van der Waals surface area (Å²) in [6.45, 7) is 8.31. The van der Waals surface area contributed by atoms with Gasteiger partial charge in [0.15, 0.2) is 5.65 Å². The van der Waals surface area contributed by atoms with Gasteiger partial charge in [-0.15, -0.1) is 5.10 Å². The summed E-state index contributed by atoms with van der Waals surface area (Å²) in [5, 5.41) is 12.6. The molecule has 74 valence electrons. The van der Waals surface area contributed by atoms with Crippen LogP contribution in [-0.4, -0.2) is 19.8 Å². The van der Waals surface area contributed by atoms with Crippen LogP contribution in [0.3, 0.4) is 0 Å². The molecular formula is C10H14N4. The molecule has 4 heteroatoms. The Morgan fingerprint density at radius 1 is 1.21 bits per heavy atom. The number of hydrogen-bond acceptors (Lipinski definition) is 3. The Balaban J connectivity index is 2.63. The smallest absolute Gasteiger partial charge is 0.180 e. The van der Waals surface area contributed by atoms with E-state index in [1.165, 1.54) is 0 Å². The fourth-order valence-electron chi connectivity index (χ4n) is 1.25. The molecule has 0 saturated heterocycles. The van der Waals surface area contributed by atoms with Gasteiger partial charge in [-0.05, 0) is 6.92 Å². The van der Waals surface area contributed by atoms with Gasteiger partial charge in [-0.3, -0.25) is 0 Å². The average Bonchev–Trinajstić information content (AvgIpc) is 2.46. The van der Waals surface area contributed by atoms with Crippen LogP contribution in [0.2, 0.25) is 0 Å². The van der Waals surface area contributed by atoms with Gasteiger partial charge in [-0.2, -0.15) is 10.2 Å². The maximum absolute atomic E-state index is 4.21. The van der Waals surface area contributed by atoms with Crippen molar-refractivity contribution in [1.29, 1.82) is 0 Å². The van der Waals surface area contributed by atoms with Crippen LogP contribution in [0.25, 0.3) is 5.65 Å². The molecule has 0 amide bonds. The number of aryl methyl sites for hydroxylation is 1. The standard InChI is InChI=1S/C10H14N4/c1-7-5-11-14-6-8(10(2,3)4)12-13-9(7)14/h5-6H,1-4H3. The minimum Gasteiger partial charge on any atom is -0.219 e. The van der Waals surface area contributed by atoms with Crippen molar-refractivity contribution < 1.29 is 0 Å². The van der Waals surface area contributed by atoms with Gasteiger partial charge in [0, 0.05) is 11.0 Å². The van der Waals surface area contributed by atoms with Crippen LogP contribution in [0.1, 0.15) is 32.0 Å². The van der Waals surface area contributed by atoms with Crippen LogP contribution in [-0.2, 0) is 5.41 Å². The monoisotopic (exact) mass is 190 g/mol. The third-order valence-electron chi connectivity index (χ3n) is 2.21. The van der Waals surface area contributed by atoms with Crippen LogP contribution >= 0.6 is 0 Å². The van der Waals surface area contributed by atoms with Gasteiger partial charge < -0.3 is 0 Å². The van der Waals surface area contributed by atoms with E-state index in [4.69, 9.17) is 0 Å². The first kappa shape index (κ1) is 9.12. The number of fused-ring (bicyclic) bond motifs is 1. The molecule has 2 aromatic rings. The first-order valence-electron chi connectivity index (χ1n) is 4.66. The van der Waals surface area contributed by atoms with E-state index < -0.39 is 0 Å². The molecule has 4 nitrogen and oxygen atoms in total. The minimum absolute atomic E-state index is 0.0149. The SMILES string of the molecule is Cc1cnn2cc(C(C)(C)C)nnc12. The maximum atomic E-state index is 4.21. The number of nitrogens with zero attached hydrogens (tertiary/aromatic N) is 4. The van der Waals surface area contributed by atoms with E-state index in [-0.39, 0.29) is 5.41 Å². The van der Waals surface area contributed by atoms with Crippen molar-refractivity contribution in [2.75, 3.05) is 0 Å². The van der Waals surface area contributed by atoms with Crippen molar-refractivity contribution in [2.45, 2.75) is 33.1 Å². The summed E-state index contributed by atoms with van der Waals surface area (Å²) in [4.78, 5) is 0. The lowest BCUT2D eigenvalue weighted by Gasteiger charge is -2.16. The number of rotatable bonds is 0. The Labute approximate surface area is 83.0 Å². The van der Waals surface area contributed by atoms with Gasteiger partial charge in [-0.1, -0.05) is 20.8 Å². The summed E-state index contributed by atoms with van der Waals surface area (Å²) in [5.74, 6) is 0. The largest absolute Gasteiger partial charge is 0.219 e. The zero-order chi connectivity index (χ0) is 10.3. The van der Waals surface area contributed by atoms with Crippen LogP contribution < -0.4 is 0 Å². The highest BCUT2D eigenvalue weighted by Crippen LogP contribution is 2.19. The van der Waals surface area contributed by atoms with Gasteiger partial charge >= 0.3 is 0 Å². The predicted octanol–water partition coefficient (Wildman–Crippen LogP) is 1.73. The van der Waals surface area contributed by atoms with E-state index >= 15 is 0 Å². The van der Waals surface area contributed by atoms with E-state index in [2.05, 4.69) is 36.1 Å². The van der Waals surface area contributed by atoms with E-state index in [1.54, 1.807) is 10.7 Å². The Morgan fingerprint density at radius 3 is 2.57 bits per heavy atom. The first-order valence-corrected chi connectivity index (χ1v) is 4.66. The summed E-state index contributed by atoms with van der Waals surface area (Å²) < 4.78 is 1.78. The van der Waals surface area contributed by atoms with Gasteiger partial charge in [0.25, 0.3) is 0 Å². The molecule has 0 bridgehead atoms. The van der Waals surface area contributed by atoms with Crippen LogP contribution in [0.15, 0.2) is 12.4 Å². The number of aromatic nitrogens is 4. The zero-order valence-electron chi connectivity index (χ0n) is 8.94. The van der Waals surface area contributed by atoms with Gasteiger partial charge in [-0.25, -0.2) is 4.52 Å². The fraction of sp³-hybridized carbons (Fsp3) is 0.500. The van der Waals surface area contributed by atoms with E-state index in [1.807, 2.05) is 13.1 Å². The molecule has 0 aromatic carbocycles. The number of hydrogen-bond donors (Lipinski definition) is 0. The topological polar surface area (TPSA) is 43.1 Å². The highest BCUT2D eigenvalue weighted by molar-refractivity contribution is 5.43. The Bertz CT molecular complexity index is 464. The molecule has 2 rings (SSSR count). The lowest BCUT2D eigenvalue weighted by molar-refractivity contribution is 0.551. The maximum Gasteiger partial charge on any atom is 0.180 e. The molecule has 0 aliphatic rings. The molecule has 0 unspecified atom stereocenters. The van der Waals surface area contributed by atoms with Crippen molar-refractivity contribution in [1.82, 2.24) is 19.8 Å². The molecule has 2 heterocycles. The third-order valence-corrected chi connectivity index (χ3v) is 2.21. The quantitative estimate of drug-likeness (QED) is 0.635. The van der Waals surface area contributed by atoms with Crippen molar-refractivity contribution in [3.8, 4) is 0 Å². The molecule has 0 aliphatic heterocycles. The Kier molecular flexibility index (Phi) is 1.80. The van der Waals surface area contributed by atoms with Gasteiger partial charge in [0.1, 0.15) is 0 Å².